The SMILES string of the molecule is CC(C)(C)OC(=O)N1C[C@H]2C[C@@H](Oc3ccc(Cl)nn3)C[C@H]2C1. The van der Waals surface area contributed by atoms with Gasteiger partial charge in [0.15, 0.2) is 5.15 Å². The van der Waals surface area contributed by atoms with Gasteiger partial charge in [0, 0.05) is 19.2 Å². The summed E-state index contributed by atoms with van der Waals surface area (Å²) < 4.78 is 11.3. The molecule has 2 heterocycles. The van der Waals surface area contributed by atoms with Gasteiger partial charge in [-0.1, -0.05) is 11.6 Å². The van der Waals surface area contributed by atoms with Crippen LogP contribution in [0.1, 0.15) is 33.6 Å². The molecule has 1 saturated heterocycles. The first kappa shape index (κ1) is 16.3. The average Bonchev–Trinajstić information content (AvgIpc) is 2.97. The molecule has 0 unspecified atom stereocenters. The zero-order valence-electron chi connectivity index (χ0n) is 13.7. The molecule has 1 aliphatic heterocycles. The summed E-state index contributed by atoms with van der Waals surface area (Å²) in [5, 5.41) is 8.07. The van der Waals surface area contributed by atoms with Crippen LogP contribution in [-0.2, 0) is 4.74 Å². The Hall–Kier alpha value is -1.56. The van der Waals surface area contributed by atoms with Crippen molar-refractivity contribution in [3.05, 3.63) is 17.3 Å². The van der Waals surface area contributed by atoms with Gasteiger partial charge in [0.05, 0.1) is 0 Å². The van der Waals surface area contributed by atoms with Crippen molar-refractivity contribution >= 4 is 17.7 Å². The van der Waals surface area contributed by atoms with Gasteiger partial charge in [0.25, 0.3) is 0 Å². The number of rotatable bonds is 2. The molecule has 2 fully saturated rings. The molecule has 0 N–H and O–H groups in total. The lowest BCUT2D eigenvalue weighted by molar-refractivity contribution is 0.0271. The topological polar surface area (TPSA) is 64.5 Å². The molecule has 3 rings (SSSR count). The number of ether oxygens (including phenoxy) is 2. The summed E-state index contributed by atoms with van der Waals surface area (Å²) in [5.74, 6) is 1.43. The molecule has 1 aromatic rings. The Bertz CT molecular complexity index is 559. The van der Waals surface area contributed by atoms with E-state index in [0.29, 0.717) is 22.9 Å². The van der Waals surface area contributed by atoms with Gasteiger partial charge in [0.1, 0.15) is 11.7 Å². The Morgan fingerprint density at radius 2 is 1.87 bits per heavy atom. The van der Waals surface area contributed by atoms with Crippen molar-refractivity contribution in [1.82, 2.24) is 15.1 Å². The lowest BCUT2D eigenvalue weighted by Crippen LogP contribution is -2.36. The summed E-state index contributed by atoms with van der Waals surface area (Å²) in [6.45, 7) is 7.15. The Labute approximate surface area is 141 Å². The number of nitrogens with zero attached hydrogens (tertiary/aromatic N) is 3. The fourth-order valence-electron chi connectivity index (χ4n) is 3.35. The molecule has 0 bridgehead atoms. The summed E-state index contributed by atoms with van der Waals surface area (Å²) in [5.41, 5.74) is -0.451. The summed E-state index contributed by atoms with van der Waals surface area (Å²) in [6, 6.07) is 3.40. The highest BCUT2D eigenvalue weighted by Crippen LogP contribution is 2.39. The van der Waals surface area contributed by atoms with Crippen molar-refractivity contribution < 1.29 is 14.3 Å². The molecule has 1 aliphatic carbocycles. The van der Waals surface area contributed by atoms with Crippen molar-refractivity contribution in [2.24, 2.45) is 11.8 Å². The number of carbonyl (C=O) groups is 1. The molecule has 1 amide bonds. The van der Waals surface area contributed by atoms with E-state index in [1.165, 1.54) is 0 Å². The first-order valence-corrected chi connectivity index (χ1v) is 8.32. The molecule has 1 aromatic heterocycles. The molecular formula is C16H22ClN3O3. The van der Waals surface area contributed by atoms with Crippen LogP contribution in [0.15, 0.2) is 12.1 Å². The molecule has 2 aliphatic rings. The number of carbonyl (C=O) groups excluding carboxylic acids is 1. The molecule has 1 saturated carbocycles. The third kappa shape index (κ3) is 4.05. The highest BCUT2D eigenvalue weighted by molar-refractivity contribution is 6.29. The fraction of sp³-hybridized carbons (Fsp3) is 0.688. The third-order valence-electron chi connectivity index (χ3n) is 4.25. The van der Waals surface area contributed by atoms with Crippen LogP contribution in [0.5, 0.6) is 5.88 Å². The van der Waals surface area contributed by atoms with Gasteiger partial charge in [-0.3, -0.25) is 0 Å². The van der Waals surface area contributed by atoms with E-state index in [1.807, 2.05) is 25.7 Å². The molecule has 6 nitrogen and oxygen atoms in total. The van der Waals surface area contributed by atoms with Gasteiger partial charge in [0.2, 0.25) is 5.88 Å². The van der Waals surface area contributed by atoms with E-state index in [2.05, 4.69) is 10.2 Å². The highest BCUT2D eigenvalue weighted by Gasteiger charge is 2.44. The van der Waals surface area contributed by atoms with Crippen molar-refractivity contribution in [2.45, 2.75) is 45.3 Å². The first-order chi connectivity index (χ1) is 10.8. The van der Waals surface area contributed by atoms with E-state index in [0.717, 1.165) is 25.9 Å². The minimum atomic E-state index is -0.451. The van der Waals surface area contributed by atoms with E-state index in [4.69, 9.17) is 21.1 Å². The van der Waals surface area contributed by atoms with Gasteiger partial charge in [-0.15, -0.1) is 10.2 Å². The number of aromatic nitrogens is 2. The Kier molecular flexibility index (Phi) is 4.36. The largest absolute Gasteiger partial charge is 0.473 e. The smallest absolute Gasteiger partial charge is 0.410 e. The molecule has 3 atom stereocenters. The van der Waals surface area contributed by atoms with E-state index in [-0.39, 0.29) is 12.2 Å². The van der Waals surface area contributed by atoms with Crippen LogP contribution in [0.4, 0.5) is 4.79 Å². The maximum atomic E-state index is 12.1. The highest BCUT2D eigenvalue weighted by atomic mass is 35.5. The minimum absolute atomic E-state index is 0.126. The van der Waals surface area contributed by atoms with Crippen LogP contribution in [0.2, 0.25) is 5.15 Å². The number of hydrogen-bond acceptors (Lipinski definition) is 5. The van der Waals surface area contributed by atoms with Gasteiger partial charge < -0.3 is 14.4 Å². The van der Waals surface area contributed by atoms with Crippen molar-refractivity contribution in [1.29, 1.82) is 0 Å². The van der Waals surface area contributed by atoms with Gasteiger partial charge >= 0.3 is 6.09 Å². The molecule has 0 radical (unpaired) electrons. The van der Waals surface area contributed by atoms with Gasteiger partial charge in [-0.25, -0.2) is 4.79 Å². The zero-order valence-corrected chi connectivity index (χ0v) is 14.4. The lowest BCUT2D eigenvalue weighted by atomic mass is 10.0. The van der Waals surface area contributed by atoms with Crippen molar-refractivity contribution in [3.8, 4) is 5.88 Å². The summed E-state index contributed by atoms with van der Waals surface area (Å²) in [4.78, 5) is 14.0. The first-order valence-electron chi connectivity index (χ1n) is 7.94. The maximum absolute atomic E-state index is 12.1. The van der Waals surface area contributed by atoms with Crippen LogP contribution in [0.25, 0.3) is 0 Å². The monoisotopic (exact) mass is 339 g/mol. The molecule has 0 aromatic carbocycles. The second kappa shape index (κ2) is 6.15. The second-order valence-electron chi connectivity index (χ2n) is 7.31. The quantitative estimate of drug-likeness (QED) is 0.828. The molecule has 0 spiro atoms. The van der Waals surface area contributed by atoms with Gasteiger partial charge in [-0.05, 0) is 51.5 Å². The summed E-state index contributed by atoms with van der Waals surface area (Å²) in [6.07, 6.45) is 1.76. The van der Waals surface area contributed by atoms with E-state index in [9.17, 15) is 4.79 Å². The molecule has 126 valence electrons. The van der Waals surface area contributed by atoms with Gasteiger partial charge in [-0.2, -0.15) is 0 Å². The predicted molar refractivity (Wildman–Crippen MR) is 85.5 cm³/mol. The Morgan fingerprint density at radius 1 is 1.22 bits per heavy atom. The summed E-state index contributed by atoms with van der Waals surface area (Å²) >= 11 is 5.72. The van der Waals surface area contributed by atoms with Crippen LogP contribution in [0.3, 0.4) is 0 Å². The third-order valence-corrected chi connectivity index (χ3v) is 4.46. The number of fused-ring (bicyclic) bond motifs is 1. The minimum Gasteiger partial charge on any atom is -0.473 e. The second-order valence-corrected chi connectivity index (χ2v) is 7.70. The Balaban J connectivity index is 1.51. The van der Waals surface area contributed by atoms with E-state index < -0.39 is 5.60 Å². The van der Waals surface area contributed by atoms with Crippen LogP contribution in [-0.4, -0.2) is 46.0 Å². The van der Waals surface area contributed by atoms with Crippen LogP contribution >= 0.6 is 11.6 Å². The Morgan fingerprint density at radius 3 is 2.39 bits per heavy atom. The maximum Gasteiger partial charge on any atom is 0.410 e. The number of hydrogen-bond donors (Lipinski definition) is 0. The standard InChI is InChI=1S/C16H22ClN3O3/c1-16(2,3)23-15(21)20-8-10-6-12(7-11(10)9-20)22-14-5-4-13(17)18-19-14/h4-5,10-12H,6-9H2,1-3H3/t10-,11+,12-. The normalized spacial score (nSPS) is 27.0. The zero-order chi connectivity index (χ0) is 16.6. The number of likely N-dealkylation sites (tertiary alicyclic amines) is 1. The average molecular weight is 340 g/mol. The number of halogens is 1. The van der Waals surface area contributed by atoms with Crippen LogP contribution in [0, 0.1) is 11.8 Å². The van der Waals surface area contributed by atoms with Crippen molar-refractivity contribution in [2.75, 3.05) is 13.1 Å². The van der Waals surface area contributed by atoms with Crippen LogP contribution < -0.4 is 4.74 Å². The number of amides is 1. The fourth-order valence-corrected chi connectivity index (χ4v) is 3.45. The molecule has 23 heavy (non-hydrogen) atoms. The molecule has 7 heteroatoms. The predicted octanol–water partition coefficient (Wildman–Crippen LogP) is 3.15. The van der Waals surface area contributed by atoms with Crippen molar-refractivity contribution in [3.63, 3.8) is 0 Å². The van der Waals surface area contributed by atoms with E-state index >= 15 is 0 Å². The lowest BCUT2D eigenvalue weighted by Gasteiger charge is -2.25. The molecular weight excluding hydrogens is 318 g/mol. The summed E-state index contributed by atoms with van der Waals surface area (Å²) in [7, 11) is 0. The van der Waals surface area contributed by atoms with E-state index in [1.54, 1.807) is 12.1 Å².